The predicted molar refractivity (Wildman–Crippen MR) is 61.6 cm³/mol. The Labute approximate surface area is 92.9 Å². The number of nitrogen functional groups attached to an aromatic ring is 1. The molecule has 1 aromatic heterocycles. The first-order chi connectivity index (χ1) is 7.18. The van der Waals surface area contributed by atoms with Gasteiger partial charge in [0.25, 0.3) is 0 Å². The number of nitrogens with two attached hydrogens (primary N) is 1. The normalized spacial score (nSPS) is 10.3. The Morgan fingerprint density at radius 2 is 1.93 bits per heavy atom. The summed E-state index contributed by atoms with van der Waals surface area (Å²) in [6.45, 7) is 1.97. The van der Waals surface area contributed by atoms with E-state index in [1.807, 2.05) is 25.1 Å². The Hall–Kier alpha value is -1.61. The first-order valence-electron chi connectivity index (χ1n) is 4.51. The van der Waals surface area contributed by atoms with E-state index in [0.717, 1.165) is 11.1 Å². The molecule has 0 atom stereocenters. The Kier molecular flexibility index (Phi) is 2.56. The molecule has 1 aromatic carbocycles. The molecule has 0 aliphatic rings. The highest BCUT2D eigenvalue weighted by Crippen LogP contribution is 2.26. The van der Waals surface area contributed by atoms with E-state index in [4.69, 9.17) is 17.3 Å². The molecule has 3 nitrogen and oxygen atoms in total. The van der Waals surface area contributed by atoms with Crippen molar-refractivity contribution < 1.29 is 0 Å². The second-order valence-electron chi connectivity index (χ2n) is 3.25. The van der Waals surface area contributed by atoms with Crippen molar-refractivity contribution in [3.8, 4) is 11.3 Å². The molecule has 2 rings (SSSR count). The number of anilines is 1. The van der Waals surface area contributed by atoms with Crippen LogP contribution in [-0.4, -0.2) is 9.97 Å². The van der Waals surface area contributed by atoms with Gasteiger partial charge in [0.1, 0.15) is 11.5 Å². The molecule has 0 saturated carbocycles. The molecule has 0 unspecified atom stereocenters. The standard InChI is InChI=1S/C11H10ClN3/c1-7-6-8(12)2-3-9(7)10-11(13)15-5-4-14-10/h2-6H,1H3,(H2,13,15). The van der Waals surface area contributed by atoms with Crippen molar-refractivity contribution in [2.75, 3.05) is 5.73 Å². The molecule has 2 aromatic rings. The largest absolute Gasteiger partial charge is 0.382 e. The minimum absolute atomic E-state index is 0.433. The van der Waals surface area contributed by atoms with Gasteiger partial charge in [-0.25, -0.2) is 4.98 Å². The SMILES string of the molecule is Cc1cc(Cl)ccc1-c1nccnc1N. The van der Waals surface area contributed by atoms with Crippen LogP contribution in [0.15, 0.2) is 30.6 Å². The first kappa shape index (κ1) is 9.93. The topological polar surface area (TPSA) is 51.8 Å². The number of aryl methyl sites for hydroxylation is 1. The van der Waals surface area contributed by atoms with E-state index >= 15 is 0 Å². The van der Waals surface area contributed by atoms with Gasteiger partial charge in [-0.3, -0.25) is 4.98 Å². The predicted octanol–water partition coefficient (Wildman–Crippen LogP) is 2.69. The van der Waals surface area contributed by atoms with Gasteiger partial charge in [-0.05, 0) is 24.6 Å². The summed E-state index contributed by atoms with van der Waals surface area (Å²) in [6, 6.07) is 5.60. The van der Waals surface area contributed by atoms with Crippen LogP contribution in [0, 0.1) is 6.92 Å². The van der Waals surface area contributed by atoms with Crippen LogP contribution in [0.2, 0.25) is 5.02 Å². The van der Waals surface area contributed by atoms with Crippen molar-refractivity contribution in [2.45, 2.75) is 6.92 Å². The summed E-state index contributed by atoms with van der Waals surface area (Å²) in [5.41, 5.74) is 8.45. The van der Waals surface area contributed by atoms with Gasteiger partial charge >= 0.3 is 0 Å². The molecule has 0 aliphatic carbocycles. The van der Waals surface area contributed by atoms with Gasteiger partial charge in [0.15, 0.2) is 0 Å². The van der Waals surface area contributed by atoms with Gasteiger partial charge in [-0.1, -0.05) is 17.7 Å². The monoisotopic (exact) mass is 219 g/mol. The Morgan fingerprint density at radius 3 is 2.60 bits per heavy atom. The molecular weight excluding hydrogens is 210 g/mol. The lowest BCUT2D eigenvalue weighted by molar-refractivity contribution is 1.21. The summed E-state index contributed by atoms with van der Waals surface area (Å²) in [5, 5.41) is 0.707. The van der Waals surface area contributed by atoms with Gasteiger partial charge < -0.3 is 5.73 Å². The Balaban J connectivity index is 2.60. The summed E-state index contributed by atoms with van der Waals surface area (Å²) in [4.78, 5) is 8.21. The van der Waals surface area contributed by atoms with E-state index in [-0.39, 0.29) is 0 Å². The van der Waals surface area contributed by atoms with Gasteiger partial charge in [0.05, 0.1) is 0 Å². The van der Waals surface area contributed by atoms with Crippen molar-refractivity contribution in [1.82, 2.24) is 9.97 Å². The molecular formula is C11H10ClN3. The zero-order valence-corrected chi connectivity index (χ0v) is 8.99. The van der Waals surface area contributed by atoms with Crippen molar-refractivity contribution in [3.63, 3.8) is 0 Å². The molecule has 1 heterocycles. The van der Waals surface area contributed by atoms with Crippen molar-refractivity contribution in [3.05, 3.63) is 41.2 Å². The number of halogens is 1. The maximum Gasteiger partial charge on any atom is 0.149 e. The molecule has 76 valence electrons. The fourth-order valence-corrected chi connectivity index (χ4v) is 1.68. The quantitative estimate of drug-likeness (QED) is 0.802. The number of benzene rings is 1. The van der Waals surface area contributed by atoms with Gasteiger partial charge in [0, 0.05) is 23.0 Å². The van der Waals surface area contributed by atoms with Gasteiger partial charge in [-0.2, -0.15) is 0 Å². The average Bonchev–Trinajstić information content (AvgIpc) is 2.20. The first-order valence-corrected chi connectivity index (χ1v) is 4.89. The molecule has 0 amide bonds. The lowest BCUT2D eigenvalue weighted by atomic mass is 10.1. The minimum atomic E-state index is 0.433. The molecule has 2 N–H and O–H groups in total. The number of nitrogens with zero attached hydrogens (tertiary/aromatic N) is 2. The van der Waals surface area contributed by atoms with Crippen LogP contribution in [0.5, 0.6) is 0 Å². The number of hydrogen-bond donors (Lipinski definition) is 1. The zero-order valence-electron chi connectivity index (χ0n) is 8.24. The molecule has 0 spiro atoms. The summed E-state index contributed by atoms with van der Waals surface area (Å²) in [5.74, 6) is 0.433. The molecule has 0 fully saturated rings. The third-order valence-electron chi connectivity index (χ3n) is 2.17. The van der Waals surface area contributed by atoms with E-state index in [9.17, 15) is 0 Å². The molecule has 0 saturated heterocycles. The van der Waals surface area contributed by atoms with E-state index in [2.05, 4.69) is 9.97 Å². The second kappa shape index (κ2) is 3.87. The molecule has 15 heavy (non-hydrogen) atoms. The third-order valence-corrected chi connectivity index (χ3v) is 2.41. The Morgan fingerprint density at radius 1 is 1.20 bits per heavy atom. The zero-order chi connectivity index (χ0) is 10.8. The summed E-state index contributed by atoms with van der Waals surface area (Å²) < 4.78 is 0. The molecule has 0 radical (unpaired) electrons. The smallest absolute Gasteiger partial charge is 0.149 e. The van der Waals surface area contributed by atoms with Crippen molar-refractivity contribution >= 4 is 17.4 Å². The number of hydrogen-bond acceptors (Lipinski definition) is 3. The summed E-state index contributed by atoms with van der Waals surface area (Å²) >= 11 is 5.88. The van der Waals surface area contributed by atoms with E-state index in [1.54, 1.807) is 12.4 Å². The van der Waals surface area contributed by atoms with Crippen LogP contribution in [0.4, 0.5) is 5.82 Å². The van der Waals surface area contributed by atoms with E-state index in [1.165, 1.54) is 0 Å². The summed E-state index contributed by atoms with van der Waals surface area (Å²) in [6.07, 6.45) is 3.20. The molecule has 4 heteroatoms. The van der Waals surface area contributed by atoms with Gasteiger partial charge in [-0.15, -0.1) is 0 Å². The maximum atomic E-state index is 5.88. The highest BCUT2D eigenvalue weighted by Gasteiger charge is 2.07. The van der Waals surface area contributed by atoms with Crippen LogP contribution in [0.25, 0.3) is 11.3 Å². The molecule has 0 aliphatic heterocycles. The fourth-order valence-electron chi connectivity index (χ4n) is 1.45. The fraction of sp³-hybridized carbons (Fsp3) is 0.0909. The van der Waals surface area contributed by atoms with Crippen LogP contribution in [-0.2, 0) is 0 Å². The maximum absolute atomic E-state index is 5.88. The highest BCUT2D eigenvalue weighted by molar-refractivity contribution is 6.30. The van der Waals surface area contributed by atoms with E-state index < -0.39 is 0 Å². The average molecular weight is 220 g/mol. The van der Waals surface area contributed by atoms with Gasteiger partial charge in [0.2, 0.25) is 0 Å². The third kappa shape index (κ3) is 1.92. The number of aromatic nitrogens is 2. The lowest BCUT2D eigenvalue weighted by Crippen LogP contribution is -1.97. The van der Waals surface area contributed by atoms with Crippen LogP contribution in [0.3, 0.4) is 0 Å². The highest BCUT2D eigenvalue weighted by atomic mass is 35.5. The van der Waals surface area contributed by atoms with Crippen LogP contribution < -0.4 is 5.73 Å². The molecule has 0 bridgehead atoms. The Bertz CT molecular complexity index is 497. The van der Waals surface area contributed by atoms with Crippen LogP contribution in [0.1, 0.15) is 5.56 Å². The number of rotatable bonds is 1. The van der Waals surface area contributed by atoms with Crippen molar-refractivity contribution in [2.24, 2.45) is 0 Å². The van der Waals surface area contributed by atoms with Crippen LogP contribution >= 0.6 is 11.6 Å². The van der Waals surface area contributed by atoms with Crippen molar-refractivity contribution in [1.29, 1.82) is 0 Å². The second-order valence-corrected chi connectivity index (χ2v) is 3.69. The lowest BCUT2D eigenvalue weighted by Gasteiger charge is -2.06. The van der Waals surface area contributed by atoms with E-state index in [0.29, 0.717) is 16.5 Å². The minimum Gasteiger partial charge on any atom is -0.382 e. The summed E-state index contributed by atoms with van der Waals surface area (Å²) in [7, 11) is 0.